The first-order valence-corrected chi connectivity index (χ1v) is 6.42. The number of nitrogens with zero attached hydrogens (tertiary/aromatic N) is 3. The van der Waals surface area contributed by atoms with Gasteiger partial charge in [0.25, 0.3) is 0 Å². The van der Waals surface area contributed by atoms with Crippen LogP contribution in [0.1, 0.15) is 22.9 Å². The lowest BCUT2D eigenvalue weighted by Gasteiger charge is -2.26. The number of aromatic nitrogens is 2. The number of hydrogen-bond acceptors (Lipinski definition) is 4. The fourth-order valence-electron chi connectivity index (χ4n) is 2.23. The molecule has 1 heterocycles. The second-order valence-electron chi connectivity index (χ2n) is 4.79. The number of likely N-dealkylation sites (N-methyl/N-ethyl adjacent to an activating group) is 1. The number of hydrogen-bond donors (Lipinski definition) is 1. The minimum absolute atomic E-state index is 0.114. The smallest absolute Gasteiger partial charge is 0.115 e. The Morgan fingerprint density at radius 2 is 2.16 bits per heavy atom. The molecule has 4 nitrogen and oxygen atoms in total. The molecule has 4 heteroatoms. The second kappa shape index (κ2) is 6.41. The summed E-state index contributed by atoms with van der Waals surface area (Å²) in [5, 5.41) is 0. The van der Waals surface area contributed by atoms with Crippen molar-refractivity contribution in [2.24, 2.45) is 5.73 Å². The highest BCUT2D eigenvalue weighted by Gasteiger charge is 2.16. The van der Waals surface area contributed by atoms with E-state index in [4.69, 9.17) is 5.73 Å². The van der Waals surface area contributed by atoms with Crippen molar-refractivity contribution < 1.29 is 0 Å². The summed E-state index contributed by atoms with van der Waals surface area (Å²) in [6.07, 6.45) is 3.32. The third-order valence-electron chi connectivity index (χ3n) is 3.22. The standard InChI is InChI=1S/C15H20N4/c1-12-4-3-5-13(8-12)10-19(2)15(9-16)14-6-7-17-11-18-14/h3-8,11,15H,9-10,16H2,1-2H3. The predicted octanol–water partition coefficient (Wildman–Crippen LogP) is 1.92. The van der Waals surface area contributed by atoms with E-state index >= 15 is 0 Å². The molecule has 0 amide bonds. The zero-order chi connectivity index (χ0) is 13.7. The molecular formula is C15H20N4. The Morgan fingerprint density at radius 1 is 1.32 bits per heavy atom. The number of aryl methyl sites for hydroxylation is 1. The molecule has 2 rings (SSSR count). The number of rotatable bonds is 5. The summed E-state index contributed by atoms with van der Waals surface area (Å²) in [7, 11) is 2.07. The molecule has 0 aliphatic heterocycles. The number of benzene rings is 1. The van der Waals surface area contributed by atoms with E-state index in [0.717, 1.165) is 12.2 Å². The maximum Gasteiger partial charge on any atom is 0.115 e. The Kier molecular flexibility index (Phi) is 4.60. The monoisotopic (exact) mass is 256 g/mol. The van der Waals surface area contributed by atoms with E-state index in [2.05, 4.69) is 53.1 Å². The van der Waals surface area contributed by atoms with Crippen LogP contribution < -0.4 is 5.73 Å². The van der Waals surface area contributed by atoms with Crippen LogP contribution in [0.5, 0.6) is 0 Å². The van der Waals surface area contributed by atoms with Gasteiger partial charge in [-0.25, -0.2) is 9.97 Å². The minimum atomic E-state index is 0.114. The first kappa shape index (κ1) is 13.6. The van der Waals surface area contributed by atoms with Gasteiger partial charge >= 0.3 is 0 Å². The van der Waals surface area contributed by atoms with Crippen LogP contribution in [0.4, 0.5) is 0 Å². The highest BCUT2D eigenvalue weighted by atomic mass is 15.1. The lowest BCUT2D eigenvalue weighted by atomic mass is 10.1. The van der Waals surface area contributed by atoms with Gasteiger partial charge in [-0.1, -0.05) is 29.8 Å². The fourth-order valence-corrected chi connectivity index (χ4v) is 2.23. The first-order valence-electron chi connectivity index (χ1n) is 6.42. The maximum absolute atomic E-state index is 5.89. The molecule has 1 aromatic carbocycles. The molecule has 100 valence electrons. The zero-order valence-corrected chi connectivity index (χ0v) is 11.5. The van der Waals surface area contributed by atoms with Crippen LogP contribution >= 0.6 is 0 Å². The van der Waals surface area contributed by atoms with E-state index < -0.39 is 0 Å². The van der Waals surface area contributed by atoms with Crippen molar-refractivity contribution in [2.75, 3.05) is 13.6 Å². The summed E-state index contributed by atoms with van der Waals surface area (Å²) in [4.78, 5) is 10.5. The van der Waals surface area contributed by atoms with E-state index in [1.54, 1.807) is 12.5 Å². The van der Waals surface area contributed by atoms with Crippen LogP contribution in [0.25, 0.3) is 0 Å². The molecule has 0 radical (unpaired) electrons. The zero-order valence-electron chi connectivity index (χ0n) is 11.5. The molecule has 19 heavy (non-hydrogen) atoms. The van der Waals surface area contributed by atoms with Gasteiger partial charge in [0.15, 0.2) is 0 Å². The van der Waals surface area contributed by atoms with Crippen molar-refractivity contribution in [3.63, 3.8) is 0 Å². The molecule has 0 aliphatic carbocycles. The largest absolute Gasteiger partial charge is 0.329 e. The van der Waals surface area contributed by atoms with E-state index in [0.29, 0.717) is 6.54 Å². The van der Waals surface area contributed by atoms with E-state index in [9.17, 15) is 0 Å². The quantitative estimate of drug-likeness (QED) is 0.888. The van der Waals surface area contributed by atoms with Crippen LogP contribution in [-0.4, -0.2) is 28.5 Å². The lowest BCUT2D eigenvalue weighted by molar-refractivity contribution is 0.237. The lowest BCUT2D eigenvalue weighted by Crippen LogP contribution is -2.30. The van der Waals surface area contributed by atoms with Crippen molar-refractivity contribution >= 4 is 0 Å². The summed E-state index contributed by atoms with van der Waals surface area (Å²) in [6.45, 7) is 3.50. The molecular weight excluding hydrogens is 236 g/mol. The van der Waals surface area contributed by atoms with E-state index in [1.807, 2.05) is 6.07 Å². The van der Waals surface area contributed by atoms with Crippen molar-refractivity contribution in [3.8, 4) is 0 Å². The van der Waals surface area contributed by atoms with Crippen LogP contribution in [0.3, 0.4) is 0 Å². The Morgan fingerprint density at radius 3 is 2.79 bits per heavy atom. The Balaban J connectivity index is 2.11. The van der Waals surface area contributed by atoms with Gasteiger partial charge in [-0.15, -0.1) is 0 Å². The third-order valence-corrected chi connectivity index (χ3v) is 3.22. The highest BCUT2D eigenvalue weighted by Crippen LogP contribution is 2.18. The Bertz CT molecular complexity index is 513. The van der Waals surface area contributed by atoms with Crippen molar-refractivity contribution in [1.29, 1.82) is 0 Å². The van der Waals surface area contributed by atoms with E-state index in [1.165, 1.54) is 11.1 Å². The molecule has 0 spiro atoms. The summed E-state index contributed by atoms with van der Waals surface area (Å²) in [5.41, 5.74) is 9.41. The van der Waals surface area contributed by atoms with Crippen LogP contribution in [-0.2, 0) is 6.54 Å². The van der Waals surface area contributed by atoms with Gasteiger partial charge in [0.2, 0.25) is 0 Å². The van der Waals surface area contributed by atoms with Gasteiger partial charge in [-0.2, -0.15) is 0 Å². The Labute approximate surface area is 114 Å². The van der Waals surface area contributed by atoms with Crippen LogP contribution in [0, 0.1) is 6.92 Å². The van der Waals surface area contributed by atoms with Crippen molar-refractivity contribution in [3.05, 3.63) is 59.7 Å². The summed E-state index contributed by atoms with van der Waals surface area (Å²) in [6, 6.07) is 10.6. The van der Waals surface area contributed by atoms with Crippen molar-refractivity contribution in [2.45, 2.75) is 19.5 Å². The number of nitrogens with two attached hydrogens (primary N) is 1. The predicted molar refractivity (Wildman–Crippen MR) is 76.5 cm³/mol. The van der Waals surface area contributed by atoms with Gasteiger partial charge in [-0.3, -0.25) is 4.90 Å². The normalized spacial score (nSPS) is 12.6. The molecule has 0 aliphatic rings. The molecule has 1 unspecified atom stereocenters. The second-order valence-corrected chi connectivity index (χ2v) is 4.79. The Hall–Kier alpha value is -1.78. The fraction of sp³-hybridized carbons (Fsp3) is 0.333. The molecule has 0 saturated carbocycles. The SMILES string of the molecule is Cc1cccc(CN(C)C(CN)c2ccncn2)c1. The average molecular weight is 256 g/mol. The van der Waals surface area contributed by atoms with Gasteiger partial charge < -0.3 is 5.73 Å². The topological polar surface area (TPSA) is 55.0 Å². The van der Waals surface area contributed by atoms with Crippen LogP contribution in [0.15, 0.2) is 42.9 Å². The molecule has 0 bridgehead atoms. The molecule has 0 fully saturated rings. The maximum atomic E-state index is 5.89. The van der Waals surface area contributed by atoms with Gasteiger partial charge in [0, 0.05) is 19.3 Å². The van der Waals surface area contributed by atoms with Crippen LogP contribution in [0.2, 0.25) is 0 Å². The van der Waals surface area contributed by atoms with E-state index in [-0.39, 0.29) is 6.04 Å². The molecule has 2 aromatic rings. The summed E-state index contributed by atoms with van der Waals surface area (Å²) < 4.78 is 0. The molecule has 2 N–H and O–H groups in total. The highest BCUT2D eigenvalue weighted by molar-refractivity contribution is 5.22. The molecule has 0 saturated heterocycles. The van der Waals surface area contributed by atoms with Gasteiger partial charge in [-0.05, 0) is 25.6 Å². The minimum Gasteiger partial charge on any atom is -0.329 e. The molecule has 1 aromatic heterocycles. The molecule has 1 atom stereocenters. The van der Waals surface area contributed by atoms with Gasteiger partial charge in [0.1, 0.15) is 6.33 Å². The summed E-state index contributed by atoms with van der Waals surface area (Å²) in [5.74, 6) is 0. The van der Waals surface area contributed by atoms with Gasteiger partial charge in [0.05, 0.1) is 11.7 Å². The average Bonchev–Trinajstić information content (AvgIpc) is 2.41. The third kappa shape index (κ3) is 3.59. The summed E-state index contributed by atoms with van der Waals surface area (Å²) >= 11 is 0. The van der Waals surface area contributed by atoms with Crippen molar-refractivity contribution in [1.82, 2.24) is 14.9 Å². The first-order chi connectivity index (χ1) is 9.20.